The average molecular weight is 478 g/mol. The van der Waals surface area contributed by atoms with Gasteiger partial charge in [-0.1, -0.05) is 55.8 Å². The summed E-state index contributed by atoms with van der Waals surface area (Å²) in [7, 11) is 0. The van der Waals surface area contributed by atoms with E-state index in [2.05, 4.69) is 13.0 Å². The van der Waals surface area contributed by atoms with Gasteiger partial charge in [0, 0.05) is 12.0 Å². The fourth-order valence-electron chi connectivity index (χ4n) is 4.45. The van der Waals surface area contributed by atoms with Crippen LogP contribution >= 0.6 is 0 Å². The quantitative estimate of drug-likeness (QED) is 0.279. The van der Waals surface area contributed by atoms with E-state index >= 15 is 0 Å². The van der Waals surface area contributed by atoms with Crippen LogP contribution in [0.3, 0.4) is 0 Å². The maximum atomic E-state index is 13.8. The van der Waals surface area contributed by atoms with Crippen molar-refractivity contribution in [1.82, 2.24) is 9.55 Å². The molecule has 3 aromatic carbocycles. The molecule has 36 heavy (non-hydrogen) atoms. The largest absolute Gasteiger partial charge is 0.494 e. The molecular weight excluding hydrogens is 446 g/mol. The SMILES string of the molecule is CCCCc1nc(C)n(-c2ccc(OCC)cc2)c(=O)c1Cc1ccc(-c2ccccc2C#N)cc1. The lowest BCUT2D eigenvalue weighted by atomic mass is 9.96. The Balaban J connectivity index is 1.72. The van der Waals surface area contributed by atoms with E-state index in [1.807, 2.05) is 86.6 Å². The van der Waals surface area contributed by atoms with Crippen molar-refractivity contribution in [3.05, 3.63) is 111 Å². The molecule has 0 aliphatic heterocycles. The minimum absolute atomic E-state index is 0.0309. The first-order valence-electron chi connectivity index (χ1n) is 12.5. The fraction of sp³-hybridized carbons (Fsp3) is 0.258. The van der Waals surface area contributed by atoms with Gasteiger partial charge < -0.3 is 4.74 Å². The molecule has 5 nitrogen and oxygen atoms in total. The molecule has 0 saturated heterocycles. The summed E-state index contributed by atoms with van der Waals surface area (Å²) in [5, 5.41) is 9.44. The van der Waals surface area contributed by atoms with Gasteiger partial charge in [0.2, 0.25) is 0 Å². The van der Waals surface area contributed by atoms with Crippen LogP contribution in [0.25, 0.3) is 16.8 Å². The van der Waals surface area contributed by atoms with Crippen LogP contribution in [0.4, 0.5) is 0 Å². The van der Waals surface area contributed by atoms with E-state index < -0.39 is 0 Å². The molecule has 0 saturated carbocycles. The molecule has 0 atom stereocenters. The first kappa shape index (κ1) is 24.9. The minimum atomic E-state index is -0.0309. The van der Waals surface area contributed by atoms with Gasteiger partial charge in [-0.25, -0.2) is 4.98 Å². The van der Waals surface area contributed by atoms with Crippen LogP contribution in [0, 0.1) is 18.3 Å². The summed E-state index contributed by atoms with van der Waals surface area (Å²) in [6.07, 6.45) is 3.30. The number of benzene rings is 3. The van der Waals surface area contributed by atoms with Gasteiger partial charge in [-0.05, 0) is 73.7 Å². The van der Waals surface area contributed by atoms with E-state index in [1.165, 1.54) is 0 Å². The molecule has 182 valence electrons. The number of hydrogen-bond acceptors (Lipinski definition) is 4. The first-order chi connectivity index (χ1) is 17.5. The van der Waals surface area contributed by atoms with Gasteiger partial charge in [-0.15, -0.1) is 0 Å². The van der Waals surface area contributed by atoms with Gasteiger partial charge in [0.1, 0.15) is 11.6 Å². The molecule has 0 amide bonds. The molecule has 4 rings (SSSR count). The molecule has 0 radical (unpaired) electrons. The Kier molecular flexibility index (Phi) is 7.97. The van der Waals surface area contributed by atoms with Crippen molar-refractivity contribution in [1.29, 1.82) is 5.26 Å². The maximum absolute atomic E-state index is 13.8. The predicted molar refractivity (Wildman–Crippen MR) is 144 cm³/mol. The average Bonchev–Trinajstić information content (AvgIpc) is 2.91. The zero-order chi connectivity index (χ0) is 25.5. The molecule has 0 N–H and O–H groups in total. The molecule has 0 aliphatic rings. The standard InChI is InChI=1S/C31H31N3O2/c1-4-6-11-30-29(20-23-12-14-24(15-13-23)28-10-8-7-9-25(28)21-32)31(35)34(22(3)33-30)26-16-18-27(19-17-26)36-5-2/h7-10,12-19H,4-6,11,20H2,1-3H3. The third-order valence-electron chi connectivity index (χ3n) is 6.30. The highest BCUT2D eigenvalue weighted by atomic mass is 16.5. The normalized spacial score (nSPS) is 10.7. The lowest BCUT2D eigenvalue weighted by molar-refractivity contribution is 0.340. The van der Waals surface area contributed by atoms with E-state index in [0.29, 0.717) is 24.4 Å². The van der Waals surface area contributed by atoms with Gasteiger partial charge in [-0.3, -0.25) is 9.36 Å². The van der Waals surface area contributed by atoms with E-state index in [1.54, 1.807) is 4.57 Å². The lowest BCUT2D eigenvalue weighted by Crippen LogP contribution is -2.28. The minimum Gasteiger partial charge on any atom is -0.494 e. The van der Waals surface area contributed by atoms with E-state index in [-0.39, 0.29) is 5.56 Å². The van der Waals surface area contributed by atoms with Crippen LogP contribution in [0.1, 0.15) is 54.9 Å². The third-order valence-corrected chi connectivity index (χ3v) is 6.30. The number of rotatable bonds is 9. The Morgan fingerprint density at radius 3 is 2.36 bits per heavy atom. The van der Waals surface area contributed by atoms with Crippen LogP contribution in [-0.4, -0.2) is 16.2 Å². The number of nitriles is 1. The summed E-state index contributed by atoms with van der Waals surface area (Å²) in [4.78, 5) is 18.7. The Morgan fingerprint density at radius 1 is 0.972 bits per heavy atom. The van der Waals surface area contributed by atoms with Crippen molar-refractivity contribution in [3.63, 3.8) is 0 Å². The number of nitrogens with zero attached hydrogens (tertiary/aromatic N) is 3. The van der Waals surface area contributed by atoms with Crippen molar-refractivity contribution < 1.29 is 4.74 Å². The topological polar surface area (TPSA) is 67.9 Å². The van der Waals surface area contributed by atoms with Crippen LogP contribution in [0.15, 0.2) is 77.6 Å². The Bertz CT molecular complexity index is 1430. The number of ether oxygens (including phenoxy) is 1. The van der Waals surface area contributed by atoms with Crippen molar-refractivity contribution in [2.75, 3.05) is 6.61 Å². The summed E-state index contributed by atoms with van der Waals surface area (Å²) in [6.45, 7) is 6.57. The van der Waals surface area contributed by atoms with Gasteiger partial charge >= 0.3 is 0 Å². The highest BCUT2D eigenvalue weighted by Crippen LogP contribution is 2.25. The smallest absolute Gasteiger partial charge is 0.261 e. The van der Waals surface area contributed by atoms with E-state index in [9.17, 15) is 10.1 Å². The van der Waals surface area contributed by atoms with E-state index in [4.69, 9.17) is 9.72 Å². The zero-order valence-electron chi connectivity index (χ0n) is 21.1. The van der Waals surface area contributed by atoms with Crippen molar-refractivity contribution in [3.8, 4) is 28.6 Å². The number of aryl methyl sites for hydroxylation is 2. The van der Waals surface area contributed by atoms with Crippen molar-refractivity contribution in [2.24, 2.45) is 0 Å². The Morgan fingerprint density at radius 2 is 1.69 bits per heavy atom. The molecule has 1 heterocycles. The molecule has 0 spiro atoms. The predicted octanol–water partition coefficient (Wildman–Crippen LogP) is 6.41. The molecule has 4 aromatic rings. The monoisotopic (exact) mass is 477 g/mol. The summed E-state index contributed by atoms with van der Waals surface area (Å²) in [5.41, 5.74) is 5.92. The Labute approximate surface area is 212 Å². The van der Waals surface area contributed by atoms with Crippen molar-refractivity contribution >= 4 is 0 Å². The van der Waals surface area contributed by atoms with Crippen molar-refractivity contribution in [2.45, 2.75) is 46.5 Å². The summed E-state index contributed by atoms with van der Waals surface area (Å²) >= 11 is 0. The van der Waals surface area contributed by atoms with Gasteiger partial charge in [0.05, 0.1) is 29.6 Å². The van der Waals surface area contributed by atoms with Crippen LogP contribution in [0.2, 0.25) is 0 Å². The molecule has 0 bridgehead atoms. The molecule has 5 heteroatoms. The second kappa shape index (κ2) is 11.5. The lowest BCUT2D eigenvalue weighted by Gasteiger charge is -2.16. The van der Waals surface area contributed by atoms with Gasteiger partial charge in [0.15, 0.2) is 0 Å². The van der Waals surface area contributed by atoms with Gasteiger partial charge in [0.25, 0.3) is 5.56 Å². The number of unbranched alkanes of at least 4 members (excludes halogenated alkanes) is 1. The molecule has 0 aliphatic carbocycles. The van der Waals surface area contributed by atoms with Crippen LogP contribution in [-0.2, 0) is 12.8 Å². The van der Waals surface area contributed by atoms with Crippen LogP contribution < -0.4 is 10.3 Å². The second-order valence-electron chi connectivity index (χ2n) is 8.79. The summed E-state index contributed by atoms with van der Waals surface area (Å²) in [5.74, 6) is 1.46. The molecule has 0 unspecified atom stereocenters. The summed E-state index contributed by atoms with van der Waals surface area (Å²) in [6, 6.07) is 25.5. The highest BCUT2D eigenvalue weighted by molar-refractivity contribution is 5.70. The van der Waals surface area contributed by atoms with E-state index in [0.717, 1.165) is 58.6 Å². The van der Waals surface area contributed by atoms with Gasteiger partial charge in [-0.2, -0.15) is 5.26 Å². The van der Waals surface area contributed by atoms with Crippen LogP contribution in [0.5, 0.6) is 5.75 Å². The molecular formula is C31H31N3O2. The zero-order valence-corrected chi connectivity index (χ0v) is 21.1. The highest BCUT2D eigenvalue weighted by Gasteiger charge is 2.17. The Hall–Kier alpha value is -4.17. The first-order valence-corrected chi connectivity index (χ1v) is 12.5. The second-order valence-corrected chi connectivity index (χ2v) is 8.79. The third kappa shape index (κ3) is 5.39. The maximum Gasteiger partial charge on any atom is 0.261 e. The molecule has 1 aromatic heterocycles. The number of hydrogen-bond donors (Lipinski definition) is 0. The number of aromatic nitrogens is 2. The molecule has 0 fully saturated rings. The summed E-state index contributed by atoms with van der Waals surface area (Å²) < 4.78 is 7.25. The fourth-order valence-corrected chi connectivity index (χ4v) is 4.45.